The molecule has 0 N–H and O–H groups in total. The van der Waals surface area contributed by atoms with Gasteiger partial charge in [-0.15, -0.1) is 0 Å². The lowest BCUT2D eigenvalue weighted by Crippen LogP contribution is -2.42. The fourth-order valence-corrected chi connectivity index (χ4v) is 10.7. The Kier molecular flexibility index (Phi) is 6.44. The van der Waals surface area contributed by atoms with Gasteiger partial charge in [0, 0.05) is 28.0 Å². The molecule has 3 unspecified atom stereocenters. The first-order valence-electron chi connectivity index (χ1n) is 19.8. The van der Waals surface area contributed by atoms with Crippen LogP contribution in [0.1, 0.15) is 41.7 Å². The molecule has 0 fully saturated rings. The molecule has 7 aromatic carbocycles. The Labute approximate surface area is 328 Å². The number of anilines is 4. The first-order chi connectivity index (χ1) is 27.5. The van der Waals surface area contributed by atoms with E-state index < -0.39 is 5.41 Å². The highest BCUT2D eigenvalue weighted by Gasteiger charge is 2.60. The van der Waals surface area contributed by atoms with Crippen molar-refractivity contribution in [1.82, 2.24) is 0 Å². The van der Waals surface area contributed by atoms with E-state index in [1.807, 2.05) is 0 Å². The molecule has 7 aromatic rings. The molecule has 2 heterocycles. The standard InChI is InChI=1S/C53H39N3/c1-52(2)41-19-8-6-17-38(41)39-32-29-35(33-45(39)52)34-27-30-37(31-28-34)55(36-15-4-3-5-16-36)49-26-14-22-44-50(49)40-18-7-9-20-42(40)53(44)43-21-10-12-24-47(43)56-48-25-13-11-23-46(48)54-51(53)56/h3-33,46,48H,1-2H3. The second-order valence-electron chi connectivity index (χ2n) is 16.2. The van der Waals surface area contributed by atoms with Gasteiger partial charge in [-0.05, 0) is 98.1 Å². The van der Waals surface area contributed by atoms with Crippen molar-refractivity contribution >= 4 is 28.6 Å². The Balaban J connectivity index is 1.03. The molecule has 2 aliphatic heterocycles. The highest BCUT2D eigenvalue weighted by molar-refractivity contribution is 6.22. The van der Waals surface area contributed by atoms with Gasteiger partial charge in [0.1, 0.15) is 11.3 Å². The number of hydrogen-bond acceptors (Lipinski definition) is 3. The fourth-order valence-electron chi connectivity index (χ4n) is 10.7. The summed E-state index contributed by atoms with van der Waals surface area (Å²) in [7, 11) is 0. The number of benzene rings is 7. The van der Waals surface area contributed by atoms with E-state index in [1.54, 1.807) is 0 Å². The van der Waals surface area contributed by atoms with Crippen LogP contribution >= 0.6 is 0 Å². The molecule has 3 atom stereocenters. The summed E-state index contributed by atoms with van der Waals surface area (Å²) in [5, 5.41) is 0. The van der Waals surface area contributed by atoms with Crippen LogP contribution in [0.4, 0.5) is 22.7 Å². The molecule has 1 spiro atoms. The lowest BCUT2D eigenvalue weighted by molar-refractivity contribution is 0.660. The summed E-state index contributed by atoms with van der Waals surface area (Å²) in [6.07, 6.45) is 8.90. The smallest absolute Gasteiger partial charge is 0.125 e. The van der Waals surface area contributed by atoms with E-state index in [4.69, 9.17) is 4.99 Å². The molecule has 3 aliphatic carbocycles. The second-order valence-corrected chi connectivity index (χ2v) is 16.2. The van der Waals surface area contributed by atoms with E-state index in [9.17, 15) is 0 Å². The molecular weight excluding hydrogens is 679 g/mol. The van der Waals surface area contributed by atoms with Crippen LogP contribution in [0, 0.1) is 0 Å². The molecular formula is C53H39N3. The summed E-state index contributed by atoms with van der Waals surface area (Å²) in [5.74, 6) is 1.13. The van der Waals surface area contributed by atoms with Gasteiger partial charge in [-0.3, -0.25) is 4.99 Å². The molecule has 0 radical (unpaired) electrons. The van der Waals surface area contributed by atoms with Crippen molar-refractivity contribution in [3.05, 3.63) is 216 Å². The summed E-state index contributed by atoms with van der Waals surface area (Å²) in [6, 6.07) is 61.1. The zero-order chi connectivity index (χ0) is 37.2. The van der Waals surface area contributed by atoms with E-state index in [1.165, 1.54) is 66.9 Å². The molecule has 56 heavy (non-hydrogen) atoms. The van der Waals surface area contributed by atoms with Gasteiger partial charge in [-0.2, -0.15) is 0 Å². The van der Waals surface area contributed by atoms with Crippen LogP contribution in [-0.2, 0) is 10.8 Å². The Hall–Kier alpha value is -6.71. The lowest BCUT2D eigenvalue weighted by Gasteiger charge is -2.31. The van der Waals surface area contributed by atoms with Crippen LogP contribution in [0.2, 0.25) is 0 Å². The number of hydrogen-bond donors (Lipinski definition) is 0. The van der Waals surface area contributed by atoms with Gasteiger partial charge in [0.05, 0.1) is 17.8 Å². The minimum Gasteiger partial charge on any atom is -0.319 e. The maximum absolute atomic E-state index is 5.58. The van der Waals surface area contributed by atoms with Crippen LogP contribution < -0.4 is 9.80 Å². The number of nitrogens with zero attached hydrogens (tertiary/aromatic N) is 3. The van der Waals surface area contributed by atoms with Gasteiger partial charge in [-0.1, -0.05) is 159 Å². The third-order valence-corrected chi connectivity index (χ3v) is 13.1. The van der Waals surface area contributed by atoms with E-state index in [-0.39, 0.29) is 17.5 Å². The number of amidine groups is 1. The second kappa shape index (κ2) is 11.4. The van der Waals surface area contributed by atoms with Crippen LogP contribution in [-0.4, -0.2) is 17.9 Å². The van der Waals surface area contributed by atoms with E-state index >= 15 is 0 Å². The Morgan fingerprint density at radius 1 is 0.518 bits per heavy atom. The number of rotatable bonds is 4. The van der Waals surface area contributed by atoms with Gasteiger partial charge in [0.15, 0.2) is 0 Å². The summed E-state index contributed by atoms with van der Waals surface area (Å²) < 4.78 is 0. The lowest BCUT2D eigenvalue weighted by atomic mass is 9.73. The average molecular weight is 718 g/mol. The van der Waals surface area contributed by atoms with E-state index in [0.29, 0.717) is 0 Å². The maximum Gasteiger partial charge on any atom is 0.125 e. The van der Waals surface area contributed by atoms with Crippen LogP contribution in [0.5, 0.6) is 0 Å². The van der Waals surface area contributed by atoms with Crippen LogP contribution in [0.3, 0.4) is 0 Å². The number of allylic oxidation sites excluding steroid dienone is 2. The normalized spacial score (nSPS) is 20.8. The van der Waals surface area contributed by atoms with Crippen molar-refractivity contribution < 1.29 is 0 Å². The van der Waals surface area contributed by atoms with Crippen molar-refractivity contribution in [3.8, 4) is 33.4 Å². The minimum atomic E-state index is -0.523. The molecule has 0 bridgehead atoms. The molecule has 0 aromatic heterocycles. The molecule has 0 saturated heterocycles. The summed E-state index contributed by atoms with van der Waals surface area (Å²) >= 11 is 0. The first-order valence-corrected chi connectivity index (χ1v) is 19.8. The van der Waals surface area contributed by atoms with Gasteiger partial charge in [0.2, 0.25) is 0 Å². The van der Waals surface area contributed by atoms with Crippen molar-refractivity contribution in [2.75, 3.05) is 9.80 Å². The zero-order valence-corrected chi connectivity index (χ0v) is 31.4. The SMILES string of the molecule is CC1(C)c2ccccc2-c2ccc(-c3ccc(N(c4ccccc4)c4cccc5c4-c4ccccc4C54C5=NC6C=CC=CC6N5c5ccccc54)cc3)cc21. The Morgan fingerprint density at radius 2 is 1.16 bits per heavy atom. The predicted molar refractivity (Wildman–Crippen MR) is 232 cm³/mol. The Morgan fingerprint density at radius 3 is 2.00 bits per heavy atom. The predicted octanol–water partition coefficient (Wildman–Crippen LogP) is 12.5. The fraction of sp³-hybridized carbons (Fsp3) is 0.113. The molecule has 12 rings (SSSR count). The monoisotopic (exact) mass is 717 g/mol. The summed E-state index contributed by atoms with van der Waals surface area (Å²) in [5.41, 5.74) is 18.5. The van der Waals surface area contributed by atoms with Gasteiger partial charge in [0.25, 0.3) is 0 Å². The molecule has 266 valence electrons. The zero-order valence-electron chi connectivity index (χ0n) is 31.4. The molecule has 5 aliphatic rings. The number of aliphatic imine (C=N–C) groups is 1. The molecule has 0 saturated carbocycles. The minimum absolute atomic E-state index is 0.0420. The van der Waals surface area contributed by atoms with Crippen LogP contribution in [0.15, 0.2) is 193 Å². The van der Waals surface area contributed by atoms with Crippen molar-refractivity contribution in [3.63, 3.8) is 0 Å². The van der Waals surface area contributed by atoms with Crippen molar-refractivity contribution in [1.29, 1.82) is 0 Å². The number of para-hydroxylation sites is 2. The number of fused-ring (bicyclic) bond motifs is 15. The van der Waals surface area contributed by atoms with Crippen LogP contribution in [0.25, 0.3) is 33.4 Å². The molecule has 0 amide bonds. The highest BCUT2D eigenvalue weighted by Crippen LogP contribution is 2.63. The van der Waals surface area contributed by atoms with Gasteiger partial charge < -0.3 is 9.80 Å². The van der Waals surface area contributed by atoms with Gasteiger partial charge in [-0.25, -0.2) is 0 Å². The van der Waals surface area contributed by atoms with Crippen molar-refractivity contribution in [2.24, 2.45) is 4.99 Å². The quantitative estimate of drug-likeness (QED) is 0.181. The molecule has 3 heteroatoms. The van der Waals surface area contributed by atoms with E-state index in [0.717, 1.165) is 22.9 Å². The van der Waals surface area contributed by atoms with Gasteiger partial charge >= 0.3 is 0 Å². The van der Waals surface area contributed by atoms with E-state index in [2.05, 4.69) is 212 Å². The average Bonchev–Trinajstić information content (AvgIpc) is 3.94. The summed E-state index contributed by atoms with van der Waals surface area (Å²) in [4.78, 5) is 10.5. The third kappa shape index (κ3) is 4.04. The summed E-state index contributed by atoms with van der Waals surface area (Å²) in [6.45, 7) is 4.70. The Bertz CT molecular complexity index is 2860. The topological polar surface area (TPSA) is 18.8 Å². The highest BCUT2D eigenvalue weighted by atomic mass is 15.3. The first kappa shape index (κ1) is 31.6. The van der Waals surface area contributed by atoms with Crippen molar-refractivity contribution in [2.45, 2.75) is 36.8 Å². The third-order valence-electron chi connectivity index (χ3n) is 13.1. The molecule has 3 nitrogen and oxygen atoms in total. The maximum atomic E-state index is 5.58. The largest absolute Gasteiger partial charge is 0.319 e.